The zero-order valence-corrected chi connectivity index (χ0v) is 11.4. The Morgan fingerprint density at radius 2 is 2.26 bits per heavy atom. The van der Waals surface area contributed by atoms with Gasteiger partial charge in [0, 0.05) is 5.56 Å². The van der Waals surface area contributed by atoms with Gasteiger partial charge in [-0.25, -0.2) is 4.39 Å². The fraction of sp³-hybridized carbons (Fsp3) is 0.0909. The van der Waals surface area contributed by atoms with Crippen LogP contribution in [0.5, 0.6) is 0 Å². The Bertz CT molecular complexity index is 656. The predicted octanol–water partition coefficient (Wildman–Crippen LogP) is 1.87. The van der Waals surface area contributed by atoms with Gasteiger partial charge in [-0.3, -0.25) is 4.79 Å². The third-order valence-corrected chi connectivity index (χ3v) is 3.40. The average Bonchev–Trinajstić information content (AvgIpc) is 2.77. The number of anilines is 1. The van der Waals surface area contributed by atoms with Gasteiger partial charge in [-0.05, 0) is 36.7 Å². The molecule has 8 heteroatoms. The molecule has 0 radical (unpaired) electrons. The van der Waals surface area contributed by atoms with Crippen LogP contribution in [0.25, 0.3) is 0 Å². The van der Waals surface area contributed by atoms with E-state index < -0.39 is 5.82 Å². The maximum absolute atomic E-state index is 13.1. The molecule has 2 rings (SSSR count). The smallest absolute Gasteiger partial charge is 0.269 e. The molecular formula is C11H9FN4OS2. The van der Waals surface area contributed by atoms with Gasteiger partial charge >= 0.3 is 0 Å². The zero-order chi connectivity index (χ0) is 14.0. The lowest BCUT2D eigenvalue weighted by atomic mass is 10.1. The molecule has 0 saturated carbocycles. The highest BCUT2D eigenvalue weighted by molar-refractivity contribution is 7.80. The normalized spacial score (nSPS) is 10.2. The number of nitrogens with two attached hydrogens (primary N) is 1. The Morgan fingerprint density at radius 1 is 1.53 bits per heavy atom. The molecule has 1 heterocycles. The molecule has 19 heavy (non-hydrogen) atoms. The van der Waals surface area contributed by atoms with Crippen molar-refractivity contribution >= 4 is 40.3 Å². The minimum Gasteiger partial charge on any atom is -0.389 e. The summed E-state index contributed by atoms with van der Waals surface area (Å²) in [6, 6.07) is 3.80. The highest BCUT2D eigenvalue weighted by Crippen LogP contribution is 2.19. The van der Waals surface area contributed by atoms with Crippen LogP contribution < -0.4 is 11.1 Å². The van der Waals surface area contributed by atoms with Crippen LogP contribution in [0.2, 0.25) is 0 Å². The van der Waals surface area contributed by atoms with Crippen molar-refractivity contribution < 1.29 is 9.18 Å². The van der Waals surface area contributed by atoms with E-state index >= 15 is 0 Å². The van der Waals surface area contributed by atoms with Crippen molar-refractivity contribution in [3.63, 3.8) is 0 Å². The van der Waals surface area contributed by atoms with Gasteiger partial charge in [-0.1, -0.05) is 16.7 Å². The fourth-order valence-electron chi connectivity index (χ4n) is 1.45. The van der Waals surface area contributed by atoms with Crippen LogP contribution in [-0.4, -0.2) is 20.5 Å². The second-order valence-electron chi connectivity index (χ2n) is 3.70. The summed E-state index contributed by atoms with van der Waals surface area (Å²) < 4.78 is 16.8. The molecule has 0 atom stereocenters. The first-order chi connectivity index (χ1) is 8.99. The summed E-state index contributed by atoms with van der Waals surface area (Å²) in [4.78, 5) is 12.4. The van der Waals surface area contributed by atoms with Gasteiger partial charge in [-0.15, -0.1) is 5.10 Å². The Hall–Kier alpha value is -1.93. The molecule has 2 aromatic rings. The summed E-state index contributed by atoms with van der Waals surface area (Å²) in [6.45, 7) is 1.68. The van der Waals surface area contributed by atoms with Crippen molar-refractivity contribution in [1.29, 1.82) is 0 Å². The average molecular weight is 296 g/mol. The maximum atomic E-state index is 13.1. The number of rotatable bonds is 3. The standard InChI is InChI=1S/C11H9FN4OS2/c1-5-9(19-16-15-5)11(17)14-8-3-2-6(12)4-7(8)10(13)18/h2-4H,1H3,(H2,13,18)(H,14,17). The third-order valence-electron chi connectivity index (χ3n) is 2.35. The Kier molecular flexibility index (Phi) is 3.82. The lowest BCUT2D eigenvalue weighted by molar-refractivity contribution is 0.103. The van der Waals surface area contributed by atoms with Crippen molar-refractivity contribution in [3.05, 3.63) is 40.2 Å². The maximum Gasteiger partial charge on any atom is 0.269 e. The van der Waals surface area contributed by atoms with E-state index in [4.69, 9.17) is 18.0 Å². The van der Waals surface area contributed by atoms with Crippen LogP contribution in [0.4, 0.5) is 10.1 Å². The SMILES string of the molecule is Cc1nnsc1C(=O)Nc1ccc(F)cc1C(N)=S. The number of hydrogen-bond acceptors (Lipinski definition) is 5. The van der Waals surface area contributed by atoms with Crippen molar-refractivity contribution in [2.45, 2.75) is 6.92 Å². The zero-order valence-electron chi connectivity index (χ0n) is 9.81. The molecule has 1 amide bonds. The topological polar surface area (TPSA) is 80.9 Å². The van der Waals surface area contributed by atoms with Gasteiger partial charge in [0.1, 0.15) is 15.7 Å². The van der Waals surface area contributed by atoms with Gasteiger partial charge < -0.3 is 11.1 Å². The predicted molar refractivity (Wildman–Crippen MR) is 74.9 cm³/mol. The molecule has 0 unspecified atom stereocenters. The van der Waals surface area contributed by atoms with E-state index in [9.17, 15) is 9.18 Å². The van der Waals surface area contributed by atoms with Crippen molar-refractivity contribution in [2.75, 3.05) is 5.32 Å². The summed E-state index contributed by atoms with van der Waals surface area (Å²) >= 11 is 5.81. The second-order valence-corrected chi connectivity index (χ2v) is 4.89. The number of aryl methyl sites for hydroxylation is 1. The number of nitrogens with one attached hydrogen (secondary N) is 1. The van der Waals surface area contributed by atoms with E-state index in [-0.39, 0.29) is 16.5 Å². The van der Waals surface area contributed by atoms with Crippen molar-refractivity contribution in [3.8, 4) is 0 Å². The molecule has 0 saturated heterocycles. The number of nitrogens with zero attached hydrogens (tertiary/aromatic N) is 2. The number of halogens is 1. The molecule has 1 aromatic carbocycles. The van der Waals surface area contributed by atoms with E-state index in [0.29, 0.717) is 16.3 Å². The number of amides is 1. The van der Waals surface area contributed by atoms with E-state index in [2.05, 4.69) is 14.9 Å². The number of thiocarbonyl (C=S) groups is 1. The summed E-state index contributed by atoms with van der Waals surface area (Å²) in [6.07, 6.45) is 0. The number of benzene rings is 1. The van der Waals surface area contributed by atoms with Gasteiger partial charge in [0.05, 0.1) is 11.4 Å². The first-order valence-electron chi connectivity index (χ1n) is 5.18. The molecular weight excluding hydrogens is 287 g/mol. The van der Waals surface area contributed by atoms with Crippen LogP contribution >= 0.6 is 23.8 Å². The van der Waals surface area contributed by atoms with E-state index in [1.807, 2.05) is 0 Å². The minimum atomic E-state index is -0.476. The number of carbonyl (C=O) groups is 1. The van der Waals surface area contributed by atoms with E-state index in [1.54, 1.807) is 6.92 Å². The molecule has 1 aromatic heterocycles. The Morgan fingerprint density at radius 3 is 2.84 bits per heavy atom. The molecule has 0 fully saturated rings. The molecule has 0 aliphatic rings. The third kappa shape index (κ3) is 2.91. The number of hydrogen-bond donors (Lipinski definition) is 2. The first-order valence-corrected chi connectivity index (χ1v) is 6.37. The number of aromatic nitrogens is 2. The molecule has 5 nitrogen and oxygen atoms in total. The monoisotopic (exact) mass is 296 g/mol. The largest absolute Gasteiger partial charge is 0.389 e. The molecule has 98 valence electrons. The molecule has 0 spiro atoms. The summed E-state index contributed by atoms with van der Waals surface area (Å²) in [5, 5.41) is 6.37. The summed E-state index contributed by atoms with van der Waals surface area (Å²) in [5.41, 5.74) is 6.66. The highest BCUT2D eigenvalue weighted by atomic mass is 32.1. The lowest BCUT2D eigenvalue weighted by Crippen LogP contribution is -2.17. The summed E-state index contributed by atoms with van der Waals surface area (Å²) in [5.74, 6) is -0.854. The first kappa shape index (κ1) is 13.5. The molecule has 0 bridgehead atoms. The highest BCUT2D eigenvalue weighted by Gasteiger charge is 2.16. The van der Waals surface area contributed by atoms with Crippen LogP contribution in [0.3, 0.4) is 0 Å². The van der Waals surface area contributed by atoms with Crippen molar-refractivity contribution in [2.24, 2.45) is 5.73 Å². The molecule has 0 aliphatic heterocycles. The van der Waals surface area contributed by atoms with Gasteiger partial charge in [0.15, 0.2) is 0 Å². The lowest BCUT2D eigenvalue weighted by Gasteiger charge is -2.09. The fourth-order valence-corrected chi connectivity index (χ4v) is 2.17. The van der Waals surface area contributed by atoms with Gasteiger partial charge in [0.25, 0.3) is 5.91 Å². The van der Waals surface area contributed by atoms with Crippen LogP contribution in [0.1, 0.15) is 20.9 Å². The number of carbonyl (C=O) groups excluding carboxylic acids is 1. The quantitative estimate of drug-likeness (QED) is 0.845. The molecule has 0 aliphatic carbocycles. The van der Waals surface area contributed by atoms with E-state index in [0.717, 1.165) is 11.5 Å². The second kappa shape index (κ2) is 5.37. The van der Waals surface area contributed by atoms with Crippen LogP contribution in [-0.2, 0) is 0 Å². The van der Waals surface area contributed by atoms with E-state index in [1.165, 1.54) is 18.2 Å². The van der Waals surface area contributed by atoms with Crippen LogP contribution in [0.15, 0.2) is 18.2 Å². The van der Waals surface area contributed by atoms with Crippen molar-refractivity contribution in [1.82, 2.24) is 9.59 Å². The Labute approximate surface area is 117 Å². The van der Waals surface area contributed by atoms with Gasteiger partial charge in [-0.2, -0.15) is 0 Å². The van der Waals surface area contributed by atoms with Crippen LogP contribution in [0, 0.1) is 12.7 Å². The molecule has 3 N–H and O–H groups in total. The Balaban J connectivity index is 2.32. The van der Waals surface area contributed by atoms with Gasteiger partial charge in [0.2, 0.25) is 0 Å². The summed E-state index contributed by atoms with van der Waals surface area (Å²) in [7, 11) is 0. The minimum absolute atomic E-state index is 0.00829.